The number of ether oxygens (including phenoxy) is 1. The summed E-state index contributed by atoms with van der Waals surface area (Å²) < 4.78 is 19.5. The highest BCUT2D eigenvalue weighted by Gasteiger charge is 2.22. The minimum absolute atomic E-state index is 0.0893. The number of nitrogens with one attached hydrogen (secondary N) is 3. The van der Waals surface area contributed by atoms with Crippen molar-refractivity contribution in [3.63, 3.8) is 0 Å². The first-order valence-corrected chi connectivity index (χ1v) is 12.6. The molecule has 0 spiro atoms. The van der Waals surface area contributed by atoms with Gasteiger partial charge in [-0.3, -0.25) is 14.9 Å². The van der Waals surface area contributed by atoms with Crippen LogP contribution in [0.15, 0.2) is 67.1 Å². The van der Waals surface area contributed by atoms with Crippen LogP contribution in [0.25, 0.3) is 55.8 Å². The molecule has 6 rings (SSSR count). The molecule has 0 aliphatic heterocycles. The molecule has 40 heavy (non-hydrogen) atoms. The average molecular weight is 536 g/mol. The summed E-state index contributed by atoms with van der Waals surface area (Å²) in [4.78, 5) is 29.2. The molecule has 4 aromatic heterocycles. The van der Waals surface area contributed by atoms with Crippen LogP contribution in [0.1, 0.15) is 20.8 Å². The summed E-state index contributed by atoms with van der Waals surface area (Å²) in [6.07, 6.45) is 5.01. The van der Waals surface area contributed by atoms with Crippen LogP contribution in [0.4, 0.5) is 10.1 Å². The Hall–Kier alpha value is -5.12. The molecule has 9 nitrogen and oxygen atoms in total. The fourth-order valence-electron chi connectivity index (χ4n) is 4.46. The van der Waals surface area contributed by atoms with Gasteiger partial charge in [-0.2, -0.15) is 5.10 Å². The molecule has 0 saturated carbocycles. The van der Waals surface area contributed by atoms with Gasteiger partial charge in [-0.15, -0.1) is 0 Å². The number of carbonyl (C=O) groups is 1. The maximum Gasteiger partial charge on any atom is 0.229 e. The quantitative estimate of drug-likeness (QED) is 0.236. The Bertz CT molecular complexity index is 1900. The maximum atomic E-state index is 14.3. The first kappa shape index (κ1) is 25.2. The second kappa shape index (κ2) is 9.57. The number of aromatic amines is 2. The van der Waals surface area contributed by atoms with Crippen LogP contribution in [0.5, 0.6) is 5.75 Å². The van der Waals surface area contributed by atoms with E-state index in [4.69, 9.17) is 9.72 Å². The minimum Gasteiger partial charge on any atom is -0.497 e. The molecule has 4 heterocycles. The molecule has 0 aliphatic rings. The lowest BCUT2D eigenvalue weighted by atomic mass is 9.95. The molecule has 0 bridgehead atoms. The van der Waals surface area contributed by atoms with E-state index in [1.54, 1.807) is 30.7 Å². The van der Waals surface area contributed by atoms with E-state index < -0.39 is 11.2 Å². The number of imidazole rings is 1. The van der Waals surface area contributed by atoms with Crippen LogP contribution in [-0.2, 0) is 4.79 Å². The van der Waals surface area contributed by atoms with Gasteiger partial charge in [0.2, 0.25) is 5.91 Å². The number of H-pyrrole nitrogens is 2. The van der Waals surface area contributed by atoms with Gasteiger partial charge in [0.1, 0.15) is 17.3 Å². The van der Waals surface area contributed by atoms with E-state index in [0.717, 1.165) is 27.6 Å². The van der Waals surface area contributed by atoms with Crippen molar-refractivity contribution in [1.82, 2.24) is 30.1 Å². The normalized spacial score (nSPS) is 11.7. The van der Waals surface area contributed by atoms with Gasteiger partial charge in [-0.05, 0) is 47.5 Å². The van der Waals surface area contributed by atoms with E-state index >= 15 is 0 Å². The fraction of sp³-hybridized carbons (Fsp3) is 0.167. The topological polar surface area (TPSA) is 121 Å². The summed E-state index contributed by atoms with van der Waals surface area (Å²) in [6.45, 7) is 5.58. The monoisotopic (exact) mass is 535 g/mol. The Labute approximate surface area is 228 Å². The van der Waals surface area contributed by atoms with E-state index in [9.17, 15) is 9.18 Å². The Morgan fingerprint density at radius 1 is 1.00 bits per heavy atom. The number of aromatic nitrogens is 6. The van der Waals surface area contributed by atoms with Gasteiger partial charge in [0.05, 0.1) is 30.0 Å². The molecule has 0 aliphatic carbocycles. The van der Waals surface area contributed by atoms with Gasteiger partial charge in [-0.25, -0.2) is 14.4 Å². The van der Waals surface area contributed by atoms with Crippen molar-refractivity contribution >= 4 is 33.7 Å². The number of amides is 1. The van der Waals surface area contributed by atoms with Gasteiger partial charge in [-0.1, -0.05) is 26.8 Å². The van der Waals surface area contributed by atoms with Crippen molar-refractivity contribution in [2.75, 3.05) is 12.4 Å². The maximum absolute atomic E-state index is 14.3. The highest BCUT2D eigenvalue weighted by molar-refractivity contribution is 5.98. The van der Waals surface area contributed by atoms with E-state index in [0.29, 0.717) is 39.7 Å². The number of fused-ring (bicyclic) bond motifs is 2. The molecule has 2 aromatic carbocycles. The number of anilines is 1. The number of hydrogen-bond acceptors (Lipinski definition) is 6. The summed E-state index contributed by atoms with van der Waals surface area (Å²) in [6, 6.07) is 14.1. The fourth-order valence-corrected chi connectivity index (χ4v) is 4.46. The lowest BCUT2D eigenvalue weighted by Crippen LogP contribution is -2.27. The van der Waals surface area contributed by atoms with Crippen LogP contribution in [0.3, 0.4) is 0 Å². The van der Waals surface area contributed by atoms with Crippen molar-refractivity contribution in [3.8, 4) is 39.5 Å². The van der Waals surface area contributed by atoms with Crippen molar-refractivity contribution in [3.05, 3.63) is 72.9 Å². The first-order valence-electron chi connectivity index (χ1n) is 12.6. The van der Waals surface area contributed by atoms with Crippen LogP contribution in [-0.4, -0.2) is 43.2 Å². The van der Waals surface area contributed by atoms with Crippen LogP contribution in [0, 0.1) is 11.2 Å². The zero-order chi connectivity index (χ0) is 28.0. The number of methoxy groups -OCH3 is 1. The lowest BCUT2D eigenvalue weighted by Gasteiger charge is -2.17. The molecule has 6 aromatic rings. The number of halogens is 1. The third-order valence-electron chi connectivity index (χ3n) is 6.61. The van der Waals surface area contributed by atoms with Crippen LogP contribution in [0.2, 0.25) is 0 Å². The Balaban J connectivity index is 1.40. The second-order valence-electron chi connectivity index (χ2n) is 10.5. The Morgan fingerprint density at radius 2 is 1.85 bits per heavy atom. The zero-order valence-electron chi connectivity index (χ0n) is 22.3. The lowest BCUT2D eigenvalue weighted by molar-refractivity contribution is -0.123. The van der Waals surface area contributed by atoms with Crippen molar-refractivity contribution in [2.45, 2.75) is 20.8 Å². The SMILES string of the molecule is COc1cc(F)cc(-c2ccnc3nc(-c4n[nH]c5ccc(-c6cncc(NC(=O)C(C)(C)C)c6)cc45)[nH]c23)c1. The van der Waals surface area contributed by atoms with Crippen LogP contribution < -0.4 is 10.1 Å². The molecule has 3 N–H and O–H groups in total. The van der Waals surface area contributed by atoms with Gasteiger partial charge in [0.15, 0.2) is 11.5 Å². The Morgan fingerprint density at radius 3 is 2.65 bits per heavy atom. The number of nitrogens with zero attached hydrogens (tertiary/aromatic N) is 4. The van der Waals surface area contributed by atoms with Crippen molar-refractivity contribution in [2.24, 2.45) is 5.41 Å². The average Bonchev–Trinajstić information content (AvgIpc) is 3.56. The largest absolute Gasteiger partial charge is 0.497 e. The molecule has 200 valence electrons. The number of hydrogen-bond donors (Lipinski definition) is 3. The number of carbonyl (C=O) groups excluding carboxylic acids is 1. The predicted molar refractivity (Wildman–Crippen MR) is 152 cm³/mol. The van der Waals surface area contributed by atoms with E-state index in [2.05, 4.69) is 30.5 Å². The standard InChI is InChI=1S/C30H26FN7O2/c1-30(2,3)29(39)34-20-10-18(14-32-15-20)16-5-6-24-23(12-16)26(38-37-24)28-35-25-22(7-8-33-27(25)36-28)17-9-19(31)13-21(11-17)40-4/h5-15H,1-4H3,(H,34,39)(H,37,38)(H,33,35,36). The number of pyridine rings is 2. The molecule has 0 atom stereocenters. The highest BCUT2D eigenvalue weighted by atomic mass is 19.1. The van der Waals surface area contributed by atoms with Gasteiger partial charge < -0.3 is 15.0 Å². The first-order chi connectivity index (χ1) is 19.2. The minimum atomic E-state index is -0.525. The van der Waals surface area contributed by atoms with Gasteiger partial charge >= 0.3 is 0 Å². The molecular weight excluding hydrogens is 509 g/mol. The second-order valence-corrected chi connectivity index (χ2v) is 10.5. The van der Waals surface area contributed by atoms with E-state index in [-0.39, 0.29) is 5.91 Å². The van der Waals surface area contributed by atoms with Crippen molar-refractivity contribution in [1.29, 1.82) is 0 Å². The summed E-state index contributed by atoms with van der Waals surface area (Å²) in [5, 5.41) is 11.4. The molecule has 10 heteroatoms. The summed E-state index contributed by atoms with van der Waals surface area (Å²) in [5.74, 6) is 0.447. The molecule has 0 saturated heterocycles. The molecule has 0 radical (unpaired) electrons. The van der Waals surface area contributed by atoms with Gasteiger partial charge in [0, 0.05) is 40.4 Å². The van der Waals surface area contributed by atoms with Crippen molar-refractivity contribution < 1.29 is 13.9 Å². The summed E-state index contributed by atoms with van der Waals surface area (Å²) in [5.41, 5.74) is 5.79. The molecule has 1 amide bonds. The summed E-state index contributed by atoms with van der Waals surface area (Å²) in [7, 11) is 1.50. The molecular formula is C30H26FN7O2. The Kier molecular flexibility index (Phi) is 6.02. The van der Waals surface area contributed by atoms with Crippen LogP contribution >= 0.6 is 0 Å². The number of rotatable bonds is 5. The van der Waals surface area contributed by atoms with E-state index in [1.165, 1.54) is 19.2 Å². The molecule has 0 unspecified atom stereocenters. The molecule has 0 fully saturated rings. The third kappa shape index (κ3) is 4.64. The number of benzene rings is 2. The smallest absolute Gasteiger partial charge is 0.229 e. The highest BCUT2D eigenvalue weighted by Crippen LogP contribution is 2.34. The third-order valence-corrected chi connectivity index (χ3v) is 6.61. The van der Waals surface area contributed by atoms with Gasteiger partial charge in [0.25, 0.3) is 0 Å². The predicted octanol–water partition coefficient (Wildman–Crippen LogP) is 6.36. The zero-order valence-corrected chi connectivity index (χ0v) is 22.3. The van der Waals surface area contributed by atoms with E-state index in [1.807, 2.05) is 45.0 Å². The summed E-state index contributed by atoms with van der Waals surface area (Å²) >= 11 is 0.